The Bertz CT molecular complexity index is 208. The summed E-state index contributed by atoms with van der Waals surface area (Å²) in [6, 6.07) is 0. The van der Waals surface area contributed by atoms with Crippen molar-refractivity contribution in [2.24, 2.45) is 0 Å². The average molecular weight is 270 g/mol. The first kappa shape index (κ1) is 19.0. The highest BCUT2D eigenvalue weighted by molar-refractivity contribution is 5.00. The molecule has 0 spiro atoms. The van der Waals surface area contributed by atoms with Gasteiger partial charge < -0.3 is 0 Å². The normalized spacial score (nSPS) is 14.2. The largest absolute Gasteiger partial charge is 0.288 e. The van der Waals surface area contributed by atoms with Gasteiger partial charge >= 0.3 is 0 Å². The molecule has 0 aromatic rings. The molecule has 0 rings (SSSR count). The van der Waals surface area contributed by atoms with Gasteiger partial charge in [0.2, 0.25) is 0 Å². The molecule has 0 aromatic carbocycles. The maximum atomic E-state index is 2.82. The molecular formula is C18H39N. The highest BCUT2D eigenvalue weighted by Gasteiger charge is 2.44. The number of nitrogens with zero attached hydrogens (tertiary/aromatic N) is 1. The van der Waals surface area contributed by atoms with E-state index in [2.05, 4.69) is 67.2 Å². The average Bonchev–Trinajstić information content (AvgIpc) is 2.14. The summed E-state index contributed by atoms with van der Waals surface area (Å²) >= 11 is 0. The van der Waals surface area contributed by atoms with E-state index in [9.17, 15) is 0 Å². The van der Waals surface area contributed by atoms with Crippen molar-refractivity contribution in [3.05, 3.63) is 0 Å². The van der Waals surface area contributed by atoms with Crippen LogP contribution in [0.2, 0.25) is 0 Å². The first-order valence-electron chi connectivity index (χ1n) is 8.35. The Morgan fingerprint density at radius 3 is 0.895 bits per heavy atom. The molecule has 116 valence electrons. The van der Waals surface area contributed by atoms with E-state index in [1.54, 1.807) is 0 Å². The van der Waals surface area contributed by atoms with Gasteiger partial charge in [-0.3, -0.25) is 4.90 Å². The molecule has 0 aliphatic rings. The second-order valence-corrected chi connectivity index (χ2v) is 8.02. The van der Waals surface area contributed by atoms with Crippen molar-refractivity contribution in [2.75, 3.05) is 0 Å². The molecule has 1 nitrogen and oxygen atoms in total. The molecule has 0 aliphatic carbocycles. The summed E-state index contributed by atoms with van der Waals surface area (Å²) in [4.78, 5) is 2.82. The zero-order valence-electron chi connectivity index (χ0n) is 15.2. The molecule has 0 aliphatic heterocycles. The lowest BCUT2D eigenvalue weighted by atomic mass is 9.79. The van der Waals surface area contributed by atoms with Gasteiger partial charge in [-0.05, 0) is 60.8 Å². The summed E-state index contributed by atoms with van der Waals surface area (Å²) in [5.41, 5.74) is 0.810. The van der Waals surface area contributed by atoms with Crippen molar-refractivity contribution in [1.29, 1.82) is 0 Å². The van der Waals surface area contributed by atoms with Crippen LogP contribution in [0.3, 0.4) is 0 Å². The predicted molar refractivity (Wildman–Crippen MR) is 88.8 cm³/mol. The minimum atomic E-state index is 0.270. The van der Waals surface area contributed by atoms with Crippen molar-refractivity contribution in [1.82, 2.24) is 4.90 Å². The summed E-state index contributed by atoms with van der Waals surface area (Å²) < 4.78 is 0. The molecular weight excluding hydrogens is 230 g/mol. The van der Waals surface area contributed by atoms with Gasteiger partial charge in [0, 0.05) is 16.6 Å². The molecule has 0 unspecified atom stereocenters. The second kappa shape index (κ2) is 7.11. The summed E-state index contributed by atoms with van der Waals surface area (Å²) in [6.45, 7) is 21.5. The standard InChI is InChI=1S/C18H39N/c1-10-13-16(4,5)19(17(6,7)14-11-2)18(8,9)15-12-3/h10-15H2,1-9H3. The molecule has 0 bridgehead atoms. The van der Waals surface area contributed by atoms with Crippen molar-refractivity contribution in [3.8, 4) is 0 Å². The third-order valence-corrected chi connectivity index (χ3v) is 4.40. The first-order chi connectivity index (χ1) is 8.55. The Hall–Kier alpha value is -0.0400. The molecule has 0 amide bonds. The molecule has 0 atom stereocenters. The number of hydrogen-bond acceptors (Lipinski definition) is 1. The lowest BCUT2D eigenvalue weighted by Crippen LogP contribution is -2.64. The molecule has 0 heterocycles. The third-order valence-electron chi connectivity index (χ3n) is 4.40. The van der Waals surface area contributed by atoms with Crippen molar-refractivity contribution < 1.29 is 0 Å². The first-order valence-corrected chi connectivity index (χ1v) is 8.35. The van der Waals surface area contributed by atoms with E-state index in [1.807, 2.05) is 0 Å². The van der Waals surface area contributed by atoms with Crippen LogP contribution in [0, 0.1) is 0 Å². The third kappa shape index (κ3) is 5.10. The van der Waals surface area contributed by atoms with E-state index in [0.29, 0.717) is 0 Å². The van der Waals surface area contributed by atoms with Gasteiger partial charge in [-0.25, -0.2) is 0 Å². The molecule has 0 N–H and O–H groups in total. The van der Waals surface area contributed by atoms with E-state index in [0.717, 1.165) is 0 Å². The van der Waals surface area contributed by atoms with Gasteiger partial charge in [0.15, 0.2) is 0 Å². The second-order valence-electron chi connectivity index (χ2n) is 8.02. The SMILES string of the molecule is CCCC(C)(C)N(C(C)(C)CCC)C(C)(C)CCC. The topological polar surface area (TPSA) is 3.24 Å². The van der Waals surface area contributed by atoms with Crippen molar-refractivity contribution in [2.45, 2.75) is 117 Å². The van der Waals surface area contributed by atoms with Crippen molar-refractivity contribution in [3.63, 3.8) is 0 Å². The molecule has 19 heavy (non-hydrogen) atoms. The monoisotopic (exact) mass is 269 g/mol. The lowest BCUT2D eigenvalue weighted by molar-refractivity contribution is -0.0766. The Morgan fingerprint density at radius 1 is 0.526 bits per heavy atom. The van der Waals surface area contributed by atoms with Crippen LogP contribution in [0.1, 0.15) is 101 Å². The van der Waals surface area contributed by atoms with Crippen LogP contribution in [-0.2, 0) is 0 Å². The van der Waals surface area contributed by atoms with Crippen molar-refractivity contribution >= 4 is 0 Å². The minimum Gasteiger partial charge on any atom is -0.288 e. The fourth-order valence-electron chi connectivity index (χ4n) is 4.63. The number of hydrogen-bond donors (Lipinski definition) is 0. The van der Waals surface area contributed by atoms with Gasteiger partial charge in [0.1, 0.15) is 0 Å². The van der Waals surface area contributed by atoms with Gasteiger partial charge in [0.05, 0.1) is 0 Å². The predicted octanol–water partition coefficient (Wildman–Crippen LogP) is 6.02. The summed E-state index contributed by atoms with van der Waals surface area (Å²) in [5.74, 6) is 0. The fourth-order valence-corrected chi connectivity index (χ4v) is 4.63. The quantitative estimate of drug-likeness (QED) is 0.494. The minimum absolute atomic E-state index is 0.270. The highest BCUT2D eigenvalue weighted by Crippen LogP contribution is 2.40. The van der Waals surface area contributed by atoms with Gasteiger partial charge in [-0.15, -0.1) is 0 Å². The number of rotatable bonds is 9. The summed E-state index contributed by atoms with van der Waals surface area (Å²) in [7, 11) is 0. The van der Waals surface area contributed by atoms with Crippen LogP contribution in [-0.4, -0.2) is 21.5 Å². The Balaban J connectivity index is 5.49. The van der Waals surface area contributed by atoms with Crippen LogP contribution >= 0.6 is 0 Å². The van der Waals surface area contributed by atoms with Crippen LogP contribution in [0.25, 0.3) is 0 Å². The zero-order chi connectivity index (χ0) is 15.3. The van der Waals surface area contributed by atoms with Crippen LogP contribution < -0.4 is 0 Å². The fraction of sp³-hybridized carbons (Fsp3) is 1.00. The van der Waals surface area contributed by atoms with E-state index < -0.39 is 0 Å². The zero-order valence-corrected chi connectivity index (χ0v) is 15.2. The summed E-state index contributed by atoms with van der Waals surface area (Å²) in [5, 5.41) is 0. The maximum absolute atomic E-state index is 2.82. The molecule has 0 saturated heterocycles. The van der Waals surface area contributed by atoms with Gasteiger partial charge in [-0.2, -0.15) is 0 Å². The molecule has 0 saturated carbocycles. The Labute approximate surface area is 123 Å². The van der Waals surface area contributed by atoms with Crippen LogP contribution in [0.5, 0.6) is 0 Å². The van der Waals surface area contributed by atoms with Gasteiger partial charge in [-0.1, -0.05) is 40.0 Å². The van der Waals surface area contributed by atoms with Crippen LogP contribution in [0.15, 0.2) is 0 Å². The highest BCUT2D eigenvalue weighted by atomic mass is 15.3. The Morgan fingerprint density at radius 2 is 0.737 bits per heavy atom. The Kier molecular flexibility index (Phi) is 7.09. The van der Waals surface area contributed by atoms with E-state index in [1.165, 1.54) is 38.5 Å². The van der Waals surface area contributed by atoms with E-state index in [-0.39, 0.29) is 16.6 Å². The van der Waals surface area contributed by atoms with Gasteiger partial charge in [0.25, 0.3) is 0 Å². The van der Waals surface area contributed by atoms with E-state index in [4.69, 9.17) is 0 Å². The van der Waals surface area contributed by atoms with E-state index >= 15 is 0 Å². The lowest BCUT2D eigenvalue weighted by Gasteiger charge is -2.57. The summed E-state index contributed by atoms with van der Waals surface area (Å²) in [6.07, 6.45) is 7.59. The molecule has 0 aromatic heterocycles. The van der Waals surface area contributed by atoms with Crippen LogP contribution in [0.4, 0.5) is 0 Å². The molecule has 0 radical (unpaired) electrons. The molecule has 0 fully saturated rings. The maximum Gasteiger partial charge on any atom is 0.0163 e. The molecule has 1 heteroatoms. The smallest absolute Gasteiger partial charge is 0.0163 e.